The molecular formula is C8H14O2. The van der Waals surface area contributed by atoms with Crippen LogP contribution in [-0.4, -0.2) is 12.1 Å². The Balaban J connectivity index is 3.30. The fourth-order valence-electron chi connectivity index (χ4n) is 0.711. The molecule has 2 nitrogen and oxygen atoms in total. The molecule has 0 aromatic heterocycles. The molecule has 1 unspecified atom stereocenters. The van der Waals surface area contributed by atoms with Gasteiger partial charge in [0, 0.05) is 12.3 Å². The van der Waals surface area contributed by atoms with Crippen molar-refractivity contribution in [3.05, 3.63) is 0 Å². The number of hydrogen-bond acceptors (Lipinski definition) is 2. The number of aldehydes is 1. The molecule has 0 aliphatic heterocycles. The Morgan fingerprint density at radius 3 is 2.60 bits per heavy atom. The Kier molecular flexibility index (Phi) is 4.81. The van der Waals surface area contributed by atoms with Gasteiger partial charge >= 0.3 is 0 Å². The molecule has 0 spiro atoms. The van der Waals surface area contributed by atoms with Crippen LogP contribution in [0.2, 0.25) is 0 Å². The molecule has 0 aromatic rings. The summed E-state index contributed by atoms with van der Waals surface area (Å²) < 4.78 is 0. The van der Waals surface area contributed by atoms with E-state index in [2.05, 4.69) is 0 Å². The monoisotopic (exact) mass is 142 g/mol. The second-order valence-electron chi connectivity index (χ2n) is 2.61. The molecule has 0 aliphatic carbocycles. The third kappa shape index (κ3) is 4.24. The van der Waals surface area contributed by atoms with E-state index in [0.29, 0.717) is 6.42 Å². The van der Waals surface area contributed by atoms with Gasteiger partial charge in [-0.15, -0.1) is 0 Å². The largest absolute Gasteiger partial charge is 0.303 e. The van der Waals surface area contributed by atoms with Crippen molar-refractivity contribution in [2.24, 2.45) is 5.92 Å². The van der Waals surface area contributed by atoms with Crippen molar-refractivity contribution in [2.75, 3.05) is 0 Å². The van der Waals surface area contributed by atoms with Gasteiger partial charge in [0.15, 0.2) is 0 Å². The van der Waals surface area contributed by atoms with Crippen LogP contribution in [-0.2, 0) is 9.59 Å². The fourth-order valence-corrected chi connectivity index (χ4v) is 0.711. The quantitative estimate of drug-likeness (QED) is 0.431. The molecule has 0 rings (SSSR count). The van der Waals surface area contributed by atoms with Crippen LogP contribution >= 0.6 is 0 Å². The molecule has 1 atom stereocenters. The molecule has 0 heterocycles. The average molecular weight is 142 g/mol. The highest BCUT2D eigenvalue weighted by molar-refractivity contribution is 5.77. The maximum absolute atomic E-state index is 10.6. The highest BCUT2D eigenvalue weighted by Gasteiger charge is 2.05. The molecule has 0 bridgehead atoms. The number of Topliss-reactive ketones (excluding diaryl/α,β-unsaturated/α-hetero) is 1. The van der Waals surface area contributed by atoms with E-state index in [1.54, 1.807) is 6.92 Å². The Morgan fingerprint density at radius 2 is 2.20 bits per heavy atom. The maximum Gasteiger partial charge on any atom is 0.132 e. The van der Waals surface area contributed by atoms with Gasteiger partial charge in [0.05, 0.1) is 0 Å². The van der Waals surface area contributed by atoms with Gasteiger partial charge in [0.25, 0.3) is 0 Å². The normalized spacial score (nSPS) is 12.6. The zero-order valence-corrected chi connectivity index (χ0v) is 6.59. The van der Waals surface area contributed by atoms with Crippen molar-refractivity contribution >= 4 is 12.1 Å². The predicted octanol–water partition coefficient (Wildman–Crippen LogP) is 1.58. The lowest BCUT2D eigenvalue weighted by molar-refractivity contribution is -0.120. The van der Waals surface area contributed by atoms with Crippen LogP contribution in [0.1, 0.15) is 33.1 Å². The second kappa shape index (κ2) is 5.15. The maximum atomic E-state index is 10.6. The van der Waals surface area contributed by atoms with Crippen molar-refractivity contribution in [3.8, 4) is 0 Å². The summed E-state index contributed by atoms with van der Waals surface area (Å²) in [5.41, 5.74) is 0. The van der Waals surface area contributed by atoms with Crippen LogP contribution in [0.5, 0.6) is 0 Å². The molecule has 0 saturated carbocycles. The lowest BCUT2D eigenvalue weighted by Crippen LogP contribution is -2.05. The summed E-state index contributed by atoms with van der Waals surface area (Å²) in [4.78, 5) is 20.5. The van der Waals surface area contributed by atoms with Gasteiger partial charge in [0.1, 0.15) is 12.1 Å². The van der Waals surface area contributed by atoms with Crippen LogP contribution in [0.3, 0.4) is 0 Å². The van der Waals surface area contributed by atoms with E-state index >= 15 is 0 Å². The van der Waals surface area contributed by atoms with Gasteiger partial charge in [0.2, 0.25) is 0 Å². The molecule has 0 saturated heterocycles. The highest BCUT2D eigenvalue weighted by Crippen LogP contribution is 2.06. The molecular weight excluding hydrogens is 128 g/mol. The van der Waals surface area contributed by atoms with Gasteiger partial charge in [-0.25, -0.2) is 0 Å². The average Bonchev–Trinajstić information content (AvgIpc) is 1.88. The van der Waals surface area contributed by atoms with E-state index in [0.717, 1.165) is 19.1 Å². The molecule has 0 N–H and O–H groups in total. The third-order valence-corrected chi connectivity index (χ3v) is 1.65. The van der Waals surface area contributed by atoms with Crippen molar-refractivity contribution in [3.63, 3.8) is 0 Å². The number of carbonyl (C=O) groups is 2. The Hall–Kier alpha value is -0.660. The second-order valence-corrected chi connectivity index (χ2v) is 2.61. The fraction of sp³-hybridized carbons (Fsp3) is 0.750. The van der Waals surface area contributed by atoms with Crippen LogP contribution in [0.15, 0.2) is 0 Å². The Morgan fingerprint density at radius 1 is 1.60 bits per heavy atom. The van der Waals surface area contributed by atoms with Gasteiger partial charge < -0.3 is 4.79 Å². The predicted molar refractivity (Wildman–Crippen MR) is 39.8 cm³/mol. The minimum absolute atomic E-state index is 0.125. The number of unbranched alkanes of at least 4 members (excludes halogenated alkanes) is 1. The van der Waals surface area contributed by atoms with Gasteiger partial charge in [-0.05, 0) is 19.8 Å². The van der Waals surface area contributed by atoms with E-state index in [4.69, 9.17) is 0 Å². The summed E-state index contributed by atoms with van der Waals surface area (Å²) in [5, 5.41) is 0. The van der Waals surface area contributed by atoms with Crippen LogP contribution < -0.4 is 0 Å². The molecule has 0 radical (unpaired) electrons. The molecule has 10 heavy (non-hydrogen) atoms. The summed E-state index contributed by atoms with van der Waals surface area (Å²) >= 11 is 0. The topological polar surface area (TPSA) is 34.1 Å². The van der Waals surface area contributed by atoms with Gasteiger partial charge in [-0.3, -0.25) is 4.79 Å². The van der Waals surface area contributed by atoms with Crippen molar-refractivity contribution in [2.45, 2.75) is 33.1 Å². The first-order valence-corrected chi connectivity index (χ1v) is 3.62. The summed E-state index contributed by atoms with van der Waals surface area (Å²) in [6.45, 7) is 3.48. The Bertz CT molecular complexity index is 118. The molecule has 58 valence electrons. The lowest BCUT2D eigenvalue weighted by atomic mass is 10.0. The van der Waals surface area contributed by atoms with Gasteiger partial charge in [-0.2, -0.15) is 0 Å². The molecule has 0 fully saturated rings. The standard InChI is InChI=1S/C8H14O2/c1-7(8(2)10)5-3-4-6-9/h6-7H,3-5H2,1-2H3. The first kappa shape index (κ1) is 9.34. The number of hydrogen-bond donors (Lipinski definition) is 0. The first-order chi connectivity index (χ1) is 4.68. The SMILES string of the molecule is CC(=O)C(C)CCCC=O. The van der Waals surface area contributed by atoms with Crippen molar-refractivity contribution in [1.82, 2.24) is 0 Å². The molecule has 2 heteroatoms. The Labute approximate surface area is 61.6 Å². The van der Waals surface area contributed by atoms with Crippen LogP contribution in [0.25, 0.3) is 0 Å². The van der Waals surface area contributed by atoms with Crippen LogP contribution in [0.4, 0.5) is 0 Å². The summed E-state index contributed by atoms with van der Waals surface area (Å²) in [5.74, 6) is 0.339. The van der Waals surface area contributed by atoms with Crippen LogP contribution in [0, 0.1) is 5.92 Å². The van der Waals surface area contributed by atoms with E-state index < -0.39 is 0 Å². The van der Waals surface area contributed by atoms with E-state index in [1.165, 1.54) is 0 Å². The summed E-state index contributed by atoms with van der Waals surface area (Å²) in [6, 6.07) is 0. The minimum Gasteiger partial charge on any atom is -0.303 e. The number of rotatable bonds is 5. The van der Waals surface area contributed by atoms with E-state index in [9.17, 15) is 9.59 Å². The minimum atomic E-state index is 0.125. The third-order valence-electron chi connectivity index (χ3n) is 1.65. The van der Waals surface area contributed by atoms with Crippen molar-refractivity contribution < 1.29 is 9.59 Å². The lowest BCUT2D eigenvalue weighted by Gasteiger charge is -2.03. The van der Waals surface area contributed by atoms with Crippen molar-refractivity contribution in [1.29, 1.82) is 0 Å². The number of carbonyl (C=O) groups excluding carboxylic acids is 2. The zero-order chi connectivity index (χ0) is 7.98. The van der Waals surface area contributed by atoms with E-state index in [1.807, 2.05) is 6.92 Å². The summed E-state index contributed by atoms with van der Waals surface area (Å²) in [7, 11) is 0. The summed E-state index contributed by atoms with van der Waals surface area (Å²) in [6.07, 6.45) is 3.16. The molecule has 0 aliphatic rings. The van der Waals surface area contributed by atoms with E-state index in [-0.39, 0.29) is 11.7 Å². The molecule has 0 aromatic carbocycles. The number of ketones is 1. The highest BCUT2D eigenvalue weighted by atomic mass is 16.1. The van der Waals surface area contributed by atoms with Gasteiger partial charge in [-0.1, -0.05) is 6.92 Å². The first-order valence-electron chi connectivity index (χ1n) is 3.62. The zero-order valence-electron chi connectivity index (χ0n) is 6.59. The smallest absolute Gasteiger partial charge is 0.132 e. The molecule has 0 amide bonds.